The molecule has 0 aliphatic carbocycles. The number of hydrogen-bond acceptors (Lipinski definition) is 0. The van der Waals surface area contributed by atoms with Crippen molar-refractivity contribution < 1.29 is 4.39 Å². The lowest BCUT2D eigenvalue weighted by Gasteiger charge is -2.07. The summed E-state index contributed by atoms with van der Waals surface area (Å²) in [6, 6.07) is 13.6. The second-order valence-electron chi connectivity index (χ2n) is 5.61. The van der Waals surface area contributed by atoms with Crippen molar-refractivity contribution in [2.45, 2.75) is 33.6 Å². The van der Waals surface area contributed by atoms with Gasteiger partial charge in [0.25, 0.3) is 0 Å². The maximum Gasteiger partial charge on any atom is 0.131 e. The minimum absolute atomic E-state index is 0.144. The van der Waals surface area contributed by atoms with E-state index in [4.69, 9.17) is 0 Å². The van der Waals surface area contributed by atoms with Crippen LogP contribution in [0.4, 0.5) is 4.39 Å². The van der Waals surface area contributed by atoms with Gasteiger partial charge in [0, 0.05) is 5.56 Å². The molecule has 0 spiro atoms. The molecule has 0 aliphatic rings. The van der Waals surface area contributed by atoms with Crippen molar-refractivity contribution in [2.75, 3.05) is 0 Å². The van der Waals surface area contributed by atoms with E-state index >= 15 is 0 Å². The van der Waals surface area contributed by atoms with E-state index in [9.17, 15) is 4.39 Å². The number of halogens is 1. The fraction of sp³-hybridized carbons (Fsp3) is 0.333. The predicted octanol–water partition coefficient (Wildman–Crippen LogP) is 5.39. The van der Waals surface area contributed by atoms with Crippen molar-refractivity contribution in [1.29, 1.82) is 0 Å². The van der Waals surface area contributed by atoms with Crippen LogP contribution in [0.5, 0.6) is 0 Å². The van der Waals surface area contributed by atoms with Gasteiger partial charge in [0.2, 0.25) is 0 Å². The van der Waals surface area contributed by atoms with Gasteiger partial charge in [-0.05, 0) is 48.4 Å². The van der Waals surface area contributed by atoms with Crippen molar-refractivity contribution >= 4 is 0 Å². The van der Waals surface area contributed by atoms with Crippen LogP contribution in [-0.4, -0.2) is 0 Å². The topological polar surface area (TPSA) is 0 Å². The SMILES string of the molecule is Cc1ccc(-c2ccc(CCC(C)C)cc2)c(F)c1. The molecule has 0 heterocycles. The maximum atomic E-state index is 13.9. The Labute approximate surface area is 115 Å². The van der Waals surface area contributed by atoms with Crippen LogP contribution in [0, 0.1) is 18.7 Å². The van der Waals surface area contributed by atoms with Gasteiger partial charge in [0.15, 0.2) is 0 Å². The smallest absolute Gasteiger partial charge is 0.131 e. The molecule has 0 saturated carbocycles. The Morgan fingerprint density at radius 1 is 1.00 bits per heavy atom. The summed E-state index contributed by atoms with van der Waals surface area (Å²) >= 11 is 0. The average Bonchev–Trinajstić information content (AvgIpc) is 2.37. The molecular formula is C18H21F. The van der Waals surface area contributed by atoms with Gasteiger partial charge in [0.1, 0.15) is 5.82 Å². The molecule has 0 aromatic heterocycles. The summed E-state index contributed by atoms with van der Waals surface area (Å²) in [5.74, 6) is 0.573. The molecule has 0 atom stereocenters. The number of aryl methyl sites for hydroxylation is 2. The fourth-order valence-corrected chi connectivity index (χ4v) is 2.16. The van der Waals surface area contributed by atoms with Gasteiger partial charge in [0.05, 0.1) is 0 Å². The van der Waals surface area contributed by atoms with Gasteiger partial charge in [-0.25, -0.2) is 4.39 Å². The van der Waals surface area contributed by atoms with Gasteiger partial charge in [-0.1, -0.05) is 50.2 Å². The van der Waals surface area contributed by atoms with E-state index in [1.807, 2.05) is 31.2 Å². The van der Waals surface area contributed by atoms with E-state index in [2.05, 4.69) is 26.0 Å². The molecule has 2 aromatic carbocycles. The zero-order valence-electron chi connectivity index (χ0n) is 11.9. The Morgan fingerprint density at radius 3 is 2.26 bits per heavy atom. The lowest BCUT2D eigenvalue weighted by atomic mass is 9.99. The summed E-state index contributed by atoms with van der Waals surface area (Å²) < 4.78 is 13.9. The third kappa shape index (κ3) is 3.66. The van der Waals surface area contributed by atoms with E-state index < -0.39 is 0 Å². The number of benzene rings is 2. The van der Waals surface area contributed by atoms with E-state index in [-0.39, 0.29) is 5.82 Å². The summed E-state index contributed by atoms with van der Waals surface area (Å²) in [6.45, 7) is 6.37. The molecule has 0 amide bonds. The van der Waals surface area contributed by atoms with Crippen LogP contribution in [-0.2, 0) is 6.42 Å². The monoisotopic (exact) mass is 256 g/mol. The average molecular weight is 256 g/mol. The standard InChI is InChI=1S/C18H21F/c1-13(2)4-6-15-7-9-16(10-8-15)17-11-5-14(3)12-18(17)19/h5,7-13H,4,6H2,1-3H3. The zero-order chi connectivity index (χ0) is 13.8. The van der Waals surface area contributed by atoms with Crippen LogP contribution in [0.25, 0.3) is 11.1 Å². The minimum Gasteiger partial charge on any atom is -0.206 e. The molecule has 100 valence electrons. The maximum absolute atomic E-state index is 13.9. The second-order valence-corrected chi connectivity index (χ2v) is 5.61. The minimum atomic E-state index is -0.144. The van der Waals surface area contributed by atoms with Crippen LogP contribution in [0.1, 0.15) is 31.4 Å². The Balaban J connectivity index is 2.18. The highest BCUT2D eigenvalue weighted by atomic mass is 19.1. The van der Waals surface area contributed by atoms with Crippen molar-refractivity contribution in [3.05, 3.63) is 59.4 Å². The second kappa shape index (κ2) is 6.01. The van der Waals surface area contributed by atoms with Crippen molar-refractivity contribution in [3.63, 3.8) is 0 Å². The number of hydrogen-bond donors (Lipinski definition) is 0. The van der Waals surface area contributed by atoms with E-state index in [0.717, 1.165) is 17.5 Å². The molecule has 0 aliphatic heterocycles. The first-order valence-electron chi connectivity index (χ1n) is 6.91. The summed E-state index contributed by atoms with van der Waals surface area (Å²) in [5, 5.41) is 0. The van der Waals surface area contributed by atoms with Crippen LogP contribution in [0.15, 0.2) is 42.5 Å². The summed E-state index contributed by atoms with van der Waals surface area (Å²) in [7, 11) is 0. The van der Waals surface area contributed by atoms with Crippen LogP contribution in [0.2, 0.25) is 0 Å². The molecule has 19 heavy (non-hydrogen) atoms. The molecule has 0 N–H and O–H groups in total. The summed E-state index contributed by atoms with van der Waals surface area (Å²) in [6.07, 6.45) is 2.28. The fourth-order valence-electron chi connectivity index (χ4n) is 2.16. The normalized spacial score (nSPS) is 11.0. The lowest BCUT2D eigenvalue weighted by Crippen LogP contribution is -1.92. The third-order valence-electron chi connectivity index (χ3n) is 3.40. The van der Waals surface area contributed by atoms with Gasteiger partial charge in [-0.15, -0.1) is 0 Å². The van der Waals surface area contributed by atoms with Crippen molar-refractivity contribution in [1.82, 2.24) is 0 Å². The van der Waals surface area contributed by atoms with Crippen molar-refractivity contribution in [2.24, 2.45) is 5.92 Å². The van der Waals surface area contributed by atoms with Gasteiger partial charge < -0.3 is 0 Å². The highest BCUT2D eigenvalue weighted by molar-refractivity contribution is 5.64. The van der Waals surface area contributed by atoms with Gasteiger partial charge >= 0.3 is 0 Å². The zero-order valence-corrected chi connectivity index (χ0v) is 11.9. The first kappa shape index (κ1) is 13.8. The Bertz CT molecular complexity index is 538. The third-order valence-corrected chi connectivity index (χ3v) is 3.40. The van der Waals surface area contributed by atoms with Gasteiger partial charge in [-0.3, -0.25) is 0 Å². The van der Waals surface area contributed by atoms with E-state index in [1.54, 1.807) is 6.07 Å². The molecule has 0 saturated heterocycles. The summed E-state index contributed by atoms with van der Waals surface area (Å²) in [5.41, 5.74) is 3.91. The molecule has 2 aromatic rings. The number of rotatable bonds is 4. The Hall–Kier alpha value is -1.63. The molecule has 2 rings (SSSR count). The molecule has 1 heteroatoms. The van der Waals surface area contributed by atoms with E-state index in [0.29, 0.717) is 11.5 Å². The molecule has 0 unspecified atom stereocenters. The van der Waals surface area contributed by atoms with Gasteiger partial charge in [-0.2, -0.15) is 0 Å². The largest absolute Gasteiger partial charge is 0.206 e. The van der Waals surface area contributed by atoms with Crippen LogP contribution < -0.4 is 0 Å². The van der Waals surface area contributed by atoms with E-state index in [1.165, 1.54) is 12.0 Å². The first-order chi connectivity index (χ1) is 9.06. The molecule has 0 fully saturated rings. The highest BCUT2D eigenvalue weighted by Gasteiger charge is 2.05. The molecule has 0 nitrogen and oxygen atoms in total. The predicted molar refractivity (Wildman–Crippen MR) is 79.7 cm³/mol. The molecule has 0 bridgehead atoms. The Morgan fingerprint density at radius 2 is 1.68 bits per heavy atom. The summed E-state index contributed by atoms with van der Waals surface area (Å²) in [4.78, 5) is 0. The van der Waals surface area contributed by atoms with Crippen LogP contribution >= 0.6 is 0 Å². The highest BCUT2D eigenvalue weighted by Crippen LogP contribution is 2.24. The van der Waals surface area contributed by atoms with Crippen LogP contribution in [0.3, 0.4) is 0 Å². The van der Waals surface area contributed by atoms with Crippen molar-refractivity contribution in [3.8, 4) is 11.1 Å². The first-order valence-corrected chi connectivity index (χ1v) is 6.91. The molecule has 0 radical (unpaired) electrons. The quantitative estimate of drug-likeness (QED) is 0.688. The lowest BCUT2D eigenvalue weighted by molar-refractivity contribution is 0.587. The Kier molecular flexibility index (Phi) is 4.36. The molecular weight excluding hydrogens is 235 g/mol.